The lowest BCUT2D eigenvalue weighted by molar-refractivity contribution is -0.143. The second-order valence-electron chi connectivity index (χ2n) is 7.15. The van der Waals surface area contributed by atoms with E-state index >= 15 is 0 Å². The summed E-state index contributed by atoms with van der Waals surface area (Å²) in [6.45, 7) is 1.01. The molecule has 0 spiro atoms. The summed E-state index contributed by atoms with van der Waals surface area (Å²) in [7, 11) is 1.28. The van der Waals surface area contributed by atoms with Gasteiger partial charge in [0, 0.05) is 18.0 Å². The number of aromatic amines is 1. The zero-order valence-corrected chi connectivity index (χ0v) is 15.6. The van der Waals surface area contributed by atoms with Crippen LogP contribution in [-0.4, -0.2) is 46.5 Å². The molecule has 0 saturated heterocycles. The number of methoxy groups -OCH3 is 1. The van der Waals surface area contributed by atoms with Crippen LogP contribution in [0.1, 0.15) is 46.2 Å². The molecular formula is C20H22N4O4. The van der Waals surface area contributed by atoms with Gasteiger partial charge in [0.1, 0.15) is 0 Å². The van der Waals surface area contributed by atoms with Crippen molar-refractivity contribution in [2.24, 2.45) is 5.92 Å². The number of aromatic nitrogens is 2. The summed E-state index contributed by atoms with van der Waals surface area (Å²) < 4.78 is 4.84. The maximum atomic E-state index is 12.8. The van der Waals surface area contributed by atoms with Crippen LogP contribution in [0.3, 0.4) is 0 Å². The van der Waals surface area contributed by atoms with Gasteiger partial charge in [0.05, 0.1) is 19.3 Å². The summed E-state index contributed by atoms with van der Waals surface area (Å²) in [4.78, 5) is 39.1. The van der Waals surface area contributed by atoms with Gasteiger partial charge >= 0.3 is 5.97 Å². The Hall–Kier alpha value is -3.16. The molecule has 2 amide bonds. The summed E-state index contributed by atoms with van der Waals surface area (Å²) in [5.74, 6) is -0.649. The zero-order chi connectivity index (χ0) is 19.7. The van der Waals surface area contributed by atoms with Gasteiger partial charge in [0.25, 0.3) is 5.91 Å². The Balaban J connectivity index is 1.51. The van der Waals surface area contributed by atoms with E-state index < -0.39 is 17.9 Å². The summed E-state index contributed by atoms with van der Waals surface area (Å²) in [5, 5.41) is 9.77. The Morgan fingerprint density at radius 2 is 2.00 bits per heavy atom. The summed E-state index contributed by atoms with van der Waals surface area (Å²) >= 11 is 0. The molecule has 4 rings (SSSR count). The van der Waals surface area contributed by atoms with Crippen molar-refractivity contribution in [2.75, 3.05) is 13.7 Å². The first kappa shape index (κ1) is 18.2. The molecule has 2 aliphatic rings. The molecule has 2 aromatic rings. The van der Waals surface area contributed by atoms with Crippen molar-refractivity contribution in [3.05, 3.63) is 52.8 Å². The van der Waals surface area contributed by atoms with Crippen molar-refractivity contribution in [1.82, 2.24) is 20.4 Å². The molecule has 2 N–H and O–H groups in total. The summed E-state index contributed by atoms with van der Waals surface area (Å²) in [6, 6.07) is 8.01. The maximum Gasteiger partial charge on any atom is 0.333 e. The second-order valence-corrected chi connectivity index (χ2v) is 7.15. The molecule has 0 bridgehead atoms. The Labute approximate surface area is 162 Å². The maximum absolute atomic E-state index is 12.8. The van der Waals surface area contributed by atoms with E-state index in [4.69, 9.17) is 4.74 Å². The van der Waals surface area contributed by atoms with Gasteiger partial charge in [-0.25, -0.2) is 4.79 Å². The van der Waals surface area contributed by atoms with Gasteiger partial charge in [0.2, 0.25) is 5.91 Å². The lowest BCUT2D eigenvalue weighted by Gasteiger charge is -2.27. The van der Waals surface area contributed by atoms with Crippen LogP contribution >= 0.6 is 0 Å². The molecule has 1 aliphatic carbocycles. The molecule has 2 heterocycles. The lowest BCUT2D eigenvalue weighted by Crippen LogP contribution is -2.38. The molecule has 1 atom stereocenters. The highest BCUT2D eigenvalue weighted by Gasteiger charge is 2.36. The van der Waals surface area contributed by atoms with Crippen molar-refractivity contribution in [2.45, 2.75) is 31.8 Å². The number of rotatable bonds is 5. The molecule has 1 fully saturated rings. The number of benzene rings is 1. The molecule has 146 valence electrons. The van der Waals surface area contributed by atoms with Crippen LogP contribution < -0.4 is 5.32 Å². The number of carbonyl (C=O) groups excluding carboxylic acids is 3. The summed E-state index contributed by atoms with van der Waals surface area (Å²) in [5.41, 5.74) is 2.47. The number of carbonyl (C=O) groups is 3. The van der Waals surface area contributed by atoms with Crippen molar-refractivity contribution >= 4 is 17.8 Å². The fraction of sp³-hybridized carbons (Fsp3) is 0.400. The smallest absolute Gasteiger partial charge is 0.333 e. The topological polar surface area (TPSA) is 104 Å². The van der Waals surface area contributed by atoms with E-state index in [-0.39, 0.29) is 17.5 Å². The third-order valence-corrected chi connectivity index (χ3v) is 5.23. The van der Waals surface area contributed by atoms with Gasteiger partial charge in [-0.1, -0.05) is 30.3 Å². The second kappa shape index (κ2) is 7.46. The molecular weight excluding hydrogens is 360 g/mol. The first-order valence-electron chi connectivity index (χ1n) is 9.37. The normalized spacial score (nSPS) is 16.8. The number of nitrogens with zero attached hydrogens (tertiary/aromatic N) is 2. The predicted molar refractivity (Wildman–Crippen MR) is 99.1 cm³/mol. The highest BCUT2D eigenvalue weighted by molar-refractivity contribution is 5.97. The highest BCUT2D eigenvalue weighted by Crippen LogP contribution is 2.33. The van der Waals surface area contributed by atoms with Crippen LogP contribution in [0, 0.1) is 5.92 Å². The van der Waals surface area contributed by atoms with E-state index in [2.05, 4.69) is 15.5 Å². The standard InChI is InChI=1S/C20H22N4O4/c1-28-20(27)16(12-5-3-2-4-6-12)21-18(25)17-14-9-10-24(11-15(14)22-23-17)19(26)13-7-8-13/h2-6,13,16H,7-11H2,1H3,(H,21,25)(H,22,23)/t16-/m0/s1. The summed E-state index contributed by atoms with van der Waals surface area (Å²) in [6.07, 6.45) is 2.49. The highest BCUT2D eigenvalue weighted by atomic mass is 16.5. The van der Waals surface area contributed by atoms with Crippen molar-refractivity contribution in [1.29, 1.82) is 0 Å². The number of H-pyrrole nitrogens is 1. The number of ether oxygens (including phenoxy) is 1. The quantitative estimate of drug-likeness (QED) is 0.760. The van der Waals surface area contributed by atoms with Crippen molar-refractivity contribution < 1.29 is 19.1 Å². The van der Waals surface area contributed by atoms with E-state index in [1.165, 1.54) is 7.11 Å². The number of esters is 1. The Morgan fingerprint density at radius 1 is 1.25 bits per heavy atom. The SMILES string of the molecule is COC(=O)[C@@H](NC(=O)c1n[nH]c2c1CCN(C(=O)C1CC1)C2)c1ccccc1. The Morgan fingerprint density at radius 3 is 2.68 bits per heavy atom. The van der Waals surface area contributed by atoms with Gasteiger partial charge in [0.15, 0.2) is 11.7 Å². The number of hydrogen-bond acceptors (Lipinski definition) is 5. The predicted octanol–water partition coefficient (Wildman–Crippen LogP) is 1.35. The zero-order valence-electron chi connectivity index (χ0n) is 15.6. The third-order valence-electron chi connectivity index (χ3n) is 5.23. The average molecular weight is 382 g/mol. The minimum atomic E-state index is -0.914. The monoisotopic (exact) mass is 382 g/mol. The fourth-order valence-electron chi connectivity index (χ4n) is 3.52. The van der Waals surface area contributed by atoms with Crippen LogP contribution in [-0.2, 0) is 27.3 Å². The van der Waals surface area contributed by atoms with Crippen LogP contribution in [0.4, 0.5) is 0 Å². The van der Waals surface area contributed by atoms with Gasteiger partial charge in [-0.05, 0) is 24.8 Å². The average Bonchev–Trinajstić information content (AvgIpc) is 3.50. The number of amides is 2. The first-order valence-corrected chi connectivity index (χ1v) is 9.37. The Bertz CT molecular complexity index is 904. The molecule has 1 aromatic heterocycles. The van der Waals surface area contributed by atoms with Gasteiger partial charge in [-0.2, -0.15) is 5.10 Å². The molecule has 1 saturated carbocycles. The van der Waals surface area contributed by atoms with Crippen LogP contribution in [0.15, 0.2) is 30.3 Å². The van der Waals surface area contributed by atoms with E-state index in [0.717, 1.165) is 24.1 Å². The van der Waals surface area contributed by atoms with E-state index in [9.17, 15) is 14.4 Å². The van der Waals surface area contributed by atoms with E-state index in [1.807, 2.05) is 11.0 Å². The first-order chi connectivity index (χ1) is 13.6. The largest absolute Gasteiger partial charge is 0.467 e. The third kappa shape index (κ3) is 3.49. The van der Waals surface area contributed by atoms with E-state index in [0.29, 0.717) is 25.1 Å². The number of fused-ring (bicyclic) bond motifs is 1. The Kier molecular flexibility index (Phi) is 4.85. The molecule has 8 heteroatoms. The number of nitrogens with one attached hydrogen (secondary N) is 2. The van der Waals surface area contributed by atoms with Crippen molar-refractivity contribution in [3.63, 3.8) is 0 Å². The van der Waals surface area contributed by atoms with Gasteiger partial charge in [-0.15, -0.1) is 0 Å². The van der Waals surface area contributed by atoms with Crippen LogP contribution in [0.5, 0.6) is 0 Å². The number of hydrogen-bond donors (Lipinski definition) is 2. The lowest BCUT2D eigenvalue weighted by atomic mass is 10.0. The molecule has 0 unspecified atom stereocenters. The van der Waals surface area contributed by atoms with Crippen LogP contribution in [0.2, 0.25) is 0 Å². The minimum absolute atomic E-state index is 0.166. The van der Waals surface area contributed by atoms with E-state index in [1.54, 1.807) is 24.3 Å². The van der Waals surface area contributed by atoms with Gasteiger partial charge < -0.3 is 15.0 Å². The van der Waals surface area contributed by atoms with Crippen molar-refractivity contribution in [3.8, 4) is 0 Å². The van der Waals surface area contributed by atoms with Gasteiger partial charge in [-0.3, -0.25) is 14.7 Å². The molecule has 0 radical (unpaired) electrons. The molecule has 28 heavy (non-hydrogen) atoms. The van der Waals surface area contributed by atoms with Crippen LogP contribution in [0.25, 0.3) is 0 Å². The molecule has 8 nitrogen and oxygen atoms in total. The molecule has 1 aliphatic heterocycles. The minimum Gasteiger partial charge on any atom is -0.467 e. The fourth-order valence-corrected chi connectivity index (χ4v) is 3.52. The molecule has 1 aromatic carbocycles.